The van der Waals surface area contributed by atoms with Gasteiger partial charge in [0.05, 0.1) is 11.3 Å². The summed E-state index contributed by atoms with van der Waals surface area (Å²) < 4.78 is 0. The highest BCUT2D eigenvalue weighted by atomic mass is 32.1. The second kappa shape index (κ2) is 8.17. The van der Waals surface area contributed by atoms with Crippen molar-refractivity contribution in [1.29, 1.82) is 0 Å². The first-order valence-corrected chi connectivity index (χ1v) is 8.71. The molecular formula is C19H16N4O2S. The molecule has 0 aliphatic rings. The lowest BCUT2D eigenvalue weighted by Gasteiger charge is -2.05. The Kier molecular flexibility index (Phi) is 5.50. The number of benzene rings is 2. The number of aromatic nitrogens is 1. The number of rotatable bonds is 5. The Morgan fingerprint density at radius 1 is 1.08 bits per heavy atom. The third-order valence-corrected chi connectivity index (χ3v) is 4.07. The maximum Gasteiger partial charge on any atom is 0.259 e. The average molecular weight is 364 g/mol. The fourth-order valence-corrected chi connectivity index (χ4v) is 2.75. The van der Waals surface area contributed by atoms with Crippen LogP contribution in [0.3, 0.4) is 0 Å². The molecule has 0 saturated heterocycles. The van der Waals surface area contributed by atoms with Gasteiger partial charge in [-0.2, -0.15) is 0 Å². The molecule has 1 aromatic heterocycles. The molecule has 2 aromatic carbocycles. The van der Waals surface area contributed by atoms with Crippen LogP contribution in [0, 0.1) is 0 Å². The molecule has 0 saturated carbocycles. The number of hydrogen-bond acceptors (Lipinski definition) is 5. The number of carbonyl (C=O) groups excluding carboxylic acids is 2. The van der Waals surface area contributed by atoms with Crippen molar-refractivity contribution < 1.29 is 9.59 Å². The van der Waals surface area contributed by atoms with Crippen LogP contribution in [0.25, 0.3) is 0 Å². The zero-order valence-electron chi connectivity index (χ0n) is 14.0. The molecule has 130 valence electrons. The Labute approximate surface area is 154 Å². The van der Waals surface area contributed by atoms with Gasteiger partial charge in [-0.3, -0.25) is 19.9 Å². The summed E-state index contributed by atoms with van der Waals surface area (Å²) in [5.41, 5.74) is 2.61. The first kappa shape index (κ1) is 17.5. The van der Waals surface area contributed by atoms with E-state index in [-0.39, 0.29) is 11.8 Å². The van der Waals surface area contributed by atoms with Crippen LogP contribution in [0.1, 0.15) is 22.8 Å². The van der Waals surface area contributed by atoms with Crippen molar-refractivity contribution in [3.63, 3.8) is 0 Å². The van der Waals surface area contributed by atoms with Crippen molar-refractivity contribution in [3.05, 3.63) is 71.2 Å². The quantitative estimate of drug-likeness (QED) is 0.669. The van der Waals surface area contributed by atoms with Crippen LogP contribution >= 0.6 is 11.3 Å². The van der Waals surface area contributed by atoms with Crippen LogP contribution in [-0.2, 0) is 4.79 Å². The molecule has 0 bridgehead atoms. The van der Waals surface area contributed by atoms with Gasteiger partial charge in [-0.15, -0.1) is 11.3 Å². The van der Waals surface area contributed by atoms with Crippen LogP contribution in [0.2, 0.25) is 0 Å². The number of para-hydroxylation sites is 1. The molecule has 0 fully saturated rings. The van der Waals surface area contributed by atoms with E-state index in [9.17, 15) is 9.59 Å². The number of aliphatic imine (C=N–C) groups is 1. The van der Waals surface area contributed by atoms with Crippen LogP contribution in [0.5, 0.6) is 0 Å². The van der Waals surface area contributed by atoms with Gasteiger partial charge in [0.25, 0.3) is 5.91 Å². The summed E-state index contributed by atoms with van der Waals surface area (Å²) in [5, 5.41) is 7.81. The molecule has 26 heavy (non-hydrogen) atoms. The third kappa shape index (κ3) is 4.61. The van der Waals surface area contributed by atoms with E-state index < -0.39 is 0 Å². The minimum atomic E-state index is -0.256. The van der Waals surface area contributed by atoms with E-state index in [2.05, 4.69) is 20.6 Å². The summed E-state index contributed by atoms with van der Waals surface area (Å²) in [6, 6.07) is 14.4. The Balaban J connectivity index is 1.76. The first-order chi connectivity index (χ1) is 12.6. The van der Waals surface area contributed by atoms with Gasteiger partial charge in [0.15, 0.2) is 5.13 Å². The molecule has 3 rings (SSSR count). The highest BCUT2D eigenvalue weighted by molar-refractivity contribution is 7.13. The highest BCUT2D eigenvalue weighted by Crippen LogP contribution is 2.21. The number of carbonyl (C=O) groups is 2. The van der Waals surface area contributed by atoms with Crippen molar-refractivity contribution in [2.45, 2.75) is 6.92 Å². The van der Waals surface area contributed by atoms with Gasteiger partial charge in [0.1, 0.15) is 0 Å². The van der Waals surface area contributed by atoms with Gasteiger partial charge in [-0.1, -0.05) is 24.3 Å². The molecule has 2 N–H and O–H groups in total. The summed E-state index contributed by atoms with van der Waals surface area (Å²) in [7, 11) is 0. The molecule has 0 spiro atoms. The number of hydrogen-bond donors (Lipinski definition) is 2. The van der Waals surface area contributed by atoms with Crippen molar-refractivity contribution >= 4 is 45.9 Å². The van der Waals surface area contributed by atoms with Crippen molar-refractivity contribution in [1.82, 2.24) is 4.98 Å². The van der Waals surface area contributed by atoms with Gasteiger partial charge >= 0.3 is 0 Å². The molecule has 0 aliphatic carbocycles. The number of anilines is 2. The average Bonchev–Trinajstić information content (AvgIpc) is 3.14. The van der Waals surface area contributed by atoms with Crippen LogP contribution in [0.4, 0.5) is 16.5 Å². The van der Waals surface area contributed by atoms with Crippen molar-refractivity contribution in [2.24, 2.45) is 4.99 Å². The van der Waals surface area contributed by atoms with Gasteiger partial charge < -0.3 is 5.32 Å². The monoisotopic (exact) mass is 364 g/mol. The lowest BCUT2D eigenvalue weighted by Crippen LogP contribution is -2.11. The number of nitrogens with one attached hydrogen (secondary N) is 2. The number of nitrogens with zero attached hydrogens (tertiary/aromatic N) is 2. The molecular weight excluding hydrogens is 348 g/mol. The van der Waals surface area contributed by atoms with Crippen molar-refractivity contribution in [2.75, 3.05) is 10.6 Å². The summed E-state index contributed by atoms with van der Waals surface area (Å²) in [5.74, 6) is -0.375. The largest absolute Gasteiger partial charge is 0.326 e. The summed E-state index contributed by atoms with van der Waals surface area (Å²) in [6.07, 6.45) is 3.31. The van der Waals surface area contributed by atoms with E-state index in [4.69, 9.17) is 0 Å². The normalized spacial score (nSPS) is 10.7. The van der Waals surface area contributed by atoms with Crippen LogP contribution in [0.15, 0.2) is 65.1 Å². The summed E-state index contributed by atoms with van der Waals surface area (Å²) >= 11 is 1.36. The summed E-state index contributed by atoms with van der Waals surface area (Å²) in [6.45, 7) is 1.46. The number of amides is 2. The third-order valence-electron chi connectivity index (χ3n) is 3.39. The molecule has 0 atom stereocenters. The zero-order chi connectivity index (χ0) is 18.4. The minimum Gasteiger partial charge on any atom is -0.326 e. The van der Waals surface area contributed by atoms with Crippen LogP contribution in [-0.4, -0.2) is 23.0 Å². The molecule has 0 unspecified atom stereocenters. The van der Waals surface area contributed by atoms with E-state index in [1.165, 1.54) is 18.3 Å². The zero-order valence-corrected chi connectivity index (χ0v) is 14.8. The molecule has 0 radical (unpaired) electrons. The molecule has 0 aliphatic heterocycles. The first-order valence-electron chi connectivity index (χ1n) is 7.83. The lowest BCUT2D eigenvalue weighted by molar-refractivity contribution is -0.114. The fraction of sp³-hybridized carbons (Fsp3) is 0.0526. The maximum absolute atomic E-state index is 12.4. The second-order valence-electron chi connectivity index (χ2n) is 5.37. The molecule has 2 amide bonds. The minimum absolute atomic E-state index is 0.119. The smallest absolute Gasteiger partial charge is 0.259 e. The van der Waals surface area contributed by atoms with Crippen molar-refractivity contribution in [3.8, 4) is 0 Å². The predicted molar refractivity (Wildman–Crippen MR) is 105 cm³/mol. The molecule has 1 heterocycles. The lowest BCUT2D eigenvalue weighted by atomic mass is 10.1. The molecule has 6 nitrogen and oxygen atoms in total. The second-order valence-corrected chi connectivity index (χ2v) is 6.26. The van der Waals surface area contributed by atoms with Gasteiger partial charge in [0, 0.05) is 30.4 Å². The van der Waals surface area contributed by atoms with E-state index >= 15 is 0 Å². The topological polar surface area (TPSA) is 83.5 Å². The fourth-order valence-electron chi connectivity index (χ4n) is 2.23. The SMILES string of the molecule is CC(=O)Nc1ccc(C=Nc2ccccc2C(=O)Nc2nccs2)cc1. The van der Waals surface area contributed by atoms with Gasteiger partial charge in [-0.05, 0) is 29.8 Å². The van der Waals surface area contributed by atoms with E-state index in [1.807, 2.05) is 18.2 Å². The molecule has 3 aromatic rings. The Morgan fingerprint density at radius 2 is 1.85 bits per heavy atom. The highest BCUT2D eigenvalue weighted by Gasteiger charge is 2.11. The van der Waals surface area contributed by atoms with E-state index in [0.717, 1.165) is 11.3 Å². The molecule has 7 heteroatoms. The Bertz CT molecular complexity index is 934. The number of thiazole rings is 1. The van der Waals surface area contributed by atoms with Crippen LogP contribution < -0.4 is 10.6 Å². The predicted octanol–water partition coefficient (Wildman–Crippen LogP) is 4.10. The van der Waals surface area contributed by atoms with Gasteiger partial charge in [-0.25, -0.2) is 4.98 Å². The van der Waals surface area contributed by atoms with Gasteiger partial charge in [0.2, 0.25) is 5.91 Å². The van der Waals surface area contributed by atoms with E-state index in [1.54, 1.807) is 48.1 Å². The Hall–Kier alpha value is -3.32. The van der Waals surface area contributed by atoms with E-state index in [0.29, 0.717) is 16.4 Å². The Morgan fingerprint density at radius 3 is 2.54 bits per heavy atom. The summed E-state index contributed by atoms with van der Waals surface area (Å²) in [4.78, 5) is 32.0. The maximum atomic E-state index is 12.4. The standard InChI is InChI=1S/C19H16N4O2S/c1-13(24)22-15-8-6-14(7-9-15)12-21-17-5-3-2-4-16(17)18(25)23-19-20-10-11-26-19/h2-12H,1H3,(H,22,24)(H,20,23,25).